The normalized spacial score (nSPS) is 14.0. The van der Waals surface area contributed by atoms with Crippen molar-refractivity contribution in [3.8, 4) is 5.75 Å². The lowest BCUT2D eigenvalue weighted by molar-refractivity contribution is -0.118. The van der Waals surface area contributed by atoms with E-state index in [4.69, 9.17) is 4.74 Å². The summed E-state index contributed by atoms with van der Waals surface area (Å²) in [5.41, 5.74) is 1.56. The third-order valence-electron chi connectivity index (χ3n) is 3.11. The number of carbonyl (C=O) groups excluding carboxylic acids is 1. The molecular formula is C16H14N2O4S. The van der Waals surface area contributed by atoms with Crippen LogP contribution in [0.4, 0.5) is 11.4 Å². The van der Waals surface area contributed by atoms with Crippen LogP contribution < -0.4 is 14.8 Å². The van der Waals surface area contributed by atoms with Crippen molar-refractivity contribution in [2.24, 2.45) is 0 Å². The fourth-order valence-corrected chi connectivity index (χ4v) is 2.94. The predicted molar refractivity (Wildman–Crippen MR) is 88.6 cm³/mol. The van der Waals surface area contributed by atoms with Gasteiger partial charge in [-0.2, -0.15) is 0 Å². The van der Waals surface area contributed by atoms with Crippen LogP contribution in [0.1, 0.15) is 5.56 Å². The summed E-state index contributed by atoms with van der Waals surface area (Å²) in [5, 5.41) is 3.72. The Morgan fingerprint density at radius 2 is 1.91 bits per heavy atom. The quantitative estimate of drug-likeness (QED) is 0.902. The van der Waals surface area contributed by atoms with E-state index in [9.17, 15) is 13.2 Å². The Hall–Kier alpha value is -2.80. The first kappa shape index (κ1) is 15.1. The monoisotopic (exact) mass is 330 g/mol. The van der Waals surface area contributed by atoms with Gasteiger partial charge in [0, 0.05) is 0 Å². The first-order chi connectivity index (χ1) is 11.0. The molecule has 0 atom stereocenters. The Bertz CT molecular complexity index is 861. The minimum absolute atomic E-state index is 0.0438. The lowest BCUT2D eigenvalue weighted by Crippen LogP contribution is -2.25. The molecular weight excluding hydrogens is 316 g/mol. The molecule has 0 radical (unpaired) electrons. The summed E-state index contributed by atoms with van der Waals surface area (Å²) in [4.78, 5) is 11.3. The van der Waals surface area contributed by atoms with Gasteiger partial charge in [-0.15, -0.1) is 0 Å². The predicted octanol–water partition coefficient (Wildman–Crippen LogP) is 2.43. The number of nitrogens with one attached hydrogen (secondary N) is 2. The number of carbonyl (C=O) groups is 1. The Balaban J connectivity index is 1.77. The second-order valence-corrected chi connectivity index (χ2v) is 6.47. The van der Waals surface area contributed by atoms with Crippen LogP contribution in [0, 0.1) is 0 Å². The molecule has 0 aliphatic carbocycles. The maximum absolute atomic E-state index is 12.1. The van der Waals surface area contributed by atoms with Crippen LogP contribution in [0.5, 0.6) is 5.75 Å². The Morgan fingerprint density at radius 1 is 1.13 bits per heavy atom. The fourth-order valence-electron chi connectivity index (χ4n) is 2.08. The van der Waals surface area contributed by atoms with Gasteiger partial charge in [-0.3, -0.25) is 9.52 Å². The van der Waals surface area contributed by atoms with Crippen molar-refractivity contribution in [3.05, 3.63) is 59.5 Å². The number of sulfonamides is 1. The zero-order valence-electron chi connectivity index (χ0n) is 12.0. The topological polar surface area (TPSA) is 84.5 Å². The molecule has 1 aliphatic heterocycles. The first-order valence-electron chi connectivity index (χ1n) is 6.84. The SMILES string of the molecule is O=C1COc2ccc(NS(=O)(=O)/C=C/c3ccccc3)cc2N1. The van der Waals surface area contributed by atoms with Gasteiger partial charge in [0.2, 0.25) is 0 Å². The molecule has 3 rings (SSSR count). The molecule has 0 aromatic heterocycles. The summed E-state index contributed by atoms with van der Waals surface area (Å²) in [6, 6.07) is 13.8. The highest BCUT2D eigenvalue weighted by Gasteiger charge is 2.17. The largest absolute Gasteiger partial charge is 0.482 e. The lowest BCUT2D eigenvalue weighted by atomic mass is 10.2. The van der Waals surface area contributed by atoms with E-state index in [2.05, 4.69) is 10.0 Å². The van der Waals surface area contributed by atoms with Gasteiger partial charge in [0.1, 0.15) is 5.75 Å². The molecule has 23 heavy (non-hydrogen) atoms. The van der Waals surface area contributed by atoms with Crippen molar-refractivity contribution in [3.63, 3.8) is 0 Å². The highest BCUT2D eigenvalue weighted by molar-refractivity contribution is 7.95. The van der Waals surface area contributed by atoms with E-state index in [0.717, 1.165) is 11.0 Å². The summed E-state index contributed by atoms with van der Waals surface area (Å²) in [6.45, 7) is -0.0438. The van der Waals surface area contributed by atoms with E-state index in [-0.39, 0.29) is 12.5 Å². The molecule has 2 N–H and O–H groups in total. The van der Waals surface area contributed by atoms with Crippen LogP contribution in [-0.2, 0) is 14.8 Å². The van der Waals surface area contributed by atoms with Crippen molar-refractivity contribution in [2.45, 2.75) is 0 Å². The zero-order valence-corrected chi connectivity index (χ0v) is 12.8. The van der Waals surface area contributed by atoms with E-state index in [1.54, 1.807) is 24.3 Å². The molecule has 6 nitrogen and oxygen atoms in total. The van der Waals surface area contributed by atoms with E-state index in [1.807, 2.05) is 18.2 Å². The summed E-state index contributed by atoms with van der Waals surface area (Å²) in [6.07, 6.45) is 1.51. The number of rotatable bonds is 4. The van der Waals surface area contributed by atoms with Crippen LogP contribution in [0.2, 0.25) is 0 Å². The second kappa shape index (κ2) is 6.13. The maximum atomic E-state index is 12.1. The van der Waals surface area contributed by atoms with Crippen LogP contribution in [0.3, 0.4) is 0 Å². The van der Waals surface area contributed by atoms with Gasteiger partial charge in [-0.1, -0.05) is 30.3 Å². The molecule has 1 aliphatic rings. The Labute approximate surface area is 133 Å². The smallest absolute Gasteiger partial charge is 0.262 e. The van der Waals surface area contributed by atoms with Gasteiger partial charge in [0.05, 0.1) is 16.8 Å². The van der Waals surface area contributed by atoms with Gasteiger partial charge in [-0.25, -0.2) is 8.42 Å². The third kappa shape index (κ3) is 3.89. The number of benzene rings is 2. The Kier molecular flexibility index (Phi) is 4.03. The van der Waals surface area contributed by atoms with Crippen molar-refractivity contribution in [1.82, 2.24) is 0 Å². The molecule has 2 aromatic carbocycles. The summed E-state index contributed by atoms with van der Waals surface area (Å²) < 4.78 is 31.8. The number of amides is 1. The molecule has 0 unspecified atom stereocenters. The van der Waals surface area contributed by atoms with Gasteiger partial charge < -0.3 is 10.1 Å². The fraction of sp³-hybridized carbons (Fsp3) is 0.0625. The van der Waals surface area contributed by atoms with E-state index in [1.165, 1.54) is 12.1 Å². The molecule has 118 valence electrons. The molecule has 1 heterocycles. The molecule has 0 spiro atoms. The highest BCUT2D eigenvalue weighted by atomic mass is 32.2. The first-order valence-corrected chi connectivity index (χ1v) is 8.39. The summed E-state index contributed by atoms with van der Waals surface area (Å²) in [7, 11) is -3.66. The molecule has 0 bridgehead atoms. The van der Waals surface area contributed by atoms with Crippen molar-refractivity contribution in [2.75, 3.05) is 16.6 Å². The minimum Gasteiger partial charge on any atom is -0.482 e. The van der Waals surface area contributed by atoms with Crippen molar-refractivity contribution < 1.29 is 17.9 Å². The van der Waals surface area contributed by atoms with Crippen LogP contribution in [-0.4, -0.2) is 20.9 Å². The standard InChI is InChI=1S/C16H14N2O4S/c19-16-11-22-15-7-6-13(10-14(15)17-16)18-23(20,21)9-8-12-4-2-1-3-5-12/h1-10,18H,11H2,(H,17,19)/b9-8+. The van der Waals surface area contributed by atoms with Gasteiger partial charge in [0.25, 0.3) is 15.9 Å². The number of fused-ring (bicyclic) bond motifs is 1. The lowest BCUT2D eigenvalue weighted by Gasteiger charge is -2.18. The Morgan fingerprint density at radius 3 is 2.70 bits per heavy atom. The van der Waals surface area contributed by atoms with Crippen molar-refractivity contribution >= 4 is 33.4 Å². The third-order valence-corrected chi connectivity index (χ3v) is 4.13. The number of ether oxygens (including phenoxy) is 1. The van der Waals surface area contributed by atoms with Gasteiger partial charge >= 0.3 is 0 Å². The summed E-state index contributed by atoms with van der Waals surface area (Å²) >= 11 is 0. The van der Waals surface area contributed by atoms with Gasteiger partial charge in [0.15, 0.2) is 6.61 Å². The minimum atomic E-state index is -3.66. The van der Waals surface area contributed by atoms with Crippen LogP contribution in [0.25, 0.3) is 6.08 Å². The van der Waals surface area contributed by atoms with Crippen LogP contribution in [0.15, 0.2) is 53.9 Å². The highest BCUT2D eigenvalue weighted by Crippen LogP contribution is 2.30. The maximum Gasteiger partial charge on any atom is 0.262 e. The molecule has 0 fully saturated rings. The van der Waals surface area contributed by atoms with Gasteiger partial charge in [-0.05, 0) is 29.8 Å². The average molecular weight is 330 g/mol. The van der Waals surface area contributed by atoms with E-state index in [0.29, 0.717) is 17.1 Å². The molecule has 0 saturated carbocycles. The molecule has 7 heteroatoms. The molecule has 2 aromatic rings. The number of anilines is 2. The van der Waals surface area contributed by atoms with Crippen LogP contribution >= 0.6 is 0 Å². The second-order valence-electron chi connectivity index (χ2n) is 4.91. The molecule has 0 saturated heterocycles. The number of hydrogen-bond donors (Lipinski definition) is 2. The number of hydrogen-bond acceptors (Lipinski definition) is 4. The zero-order chi connectivity index (χ0) is 16.3. The molecule has 1 amide bonds. The van der Waals surface area contributed by atoms with Crippen molar-refractivity contribution in [1.29, 1.82) is 0 Å². The van der Waals surface area contributed by atoms with E-state index < -0.39 is 10.0 Å². The average Bonchev–Trinajstić information content (AvgIpc) is 2.53. The summed E-state index contributed by atoms with van der Waals surface area (Å²) in [5.74, 6) is 0.230. The van der Waals surface area contributed by atoms with E-state index >= 15 is 0 Å².